The largest absolute Gasteiger partial charge is 0.311 e. The maximum absolute atomic E-state index is 12.5. The van der Waals surface area contributed by atoms with Crippen LogP contribution in [-0.2, 0) is 23.0 Å². The van der Waals surface area contributed by atoms with E-state index >= 15 is 0 Å². The summed E-state index contributed by atoms with van der Waals surface area (Å²) in [6.07, 6.45) is 0.823. The first-order valence-corrected chi connectivity index (χ1v) is 9.12. The molecule has 8 heteroatoms. The van der Waals surface area contributed by atoms with Crippen LogP contribution < -0.4 is 10.0 Å². The molecule has 2 N–H and O–H groups in total. The number of halogens is 1. The predicted molar refractivity (Wildman–Crippen MR) is 84.5 cm³/mol. The predicted octanol–water partition coefficient (Wildman–Crippen LogP) is 2.55. The summed E-state index contributed by atoms with van der Waals surface area (Å²) in [4.78, 5) is 5.64. The van der Waals surface area contributed by atoms with E-state index in [1.54, 1.807) is 25.1 Å². The molecule has 0 bridgehead atoms. The number of hydrogen-bond donors (Lipinski definition) is 2. The van der Waals surface area contributed by atoms with Crippen molar-refractivity contribution in [1.82, 2.24) is 10.3 Å². The molecule has 0 amide bonds. The number of aromatic nitrogens is 1. The van der Waals surface area contributed by atoms with E-state index in [0.29, 0.717) is 15.7 Å². The van der Waals surface area contributed by atoms with Crippen LogP contribution >= 0.6 is 22.9 Å². The van der Waals surface area contributed by atoms with Crippen LogP contribution in [0.25, 0.3) is 0 Å². The summed E-state index contributed by atoms with van der Waals surface area (Å²) in [6.45, 7) is 3.30. The van der Waals surface area contributed by atoms with Gasteiger partial charge in [-0.05, 0) is 24.6 Å². The number of anilines is 1. The molecule has 2 heterocycles. The van der Waals surface area contributed by atoms with Gasteiger partial charge in [-0.2, -0.15) is 0 Å². The molecule has 112 valence electrons. The molecular weight excluding hydrogens is 330 g/mol. The molecular formula is C13H14ClN3O2S2. The highest BCUT2D eigenvalue weighted by molar-refractivity contribution is 7.93. The van der Waals surface area contributed by atoms with Crippen LogP contribution in [0.4, 0.5) is 5.13 Å². The van der Waals surface area contributed by atoms with Gasteiger partial charge in [0.15, 0.2) is 5.13 Å². The molecule has 0 fully saturated rings. The first-order chi connectivity index (χ1) is 9.97. The number of hydrogen-bond acceptors (Lipinski definition) is 5. The zero-order valence-electron chi connectivity index (χ0n) is 11.3. The van der Waals surface area contributed by atoms with E-state index in [0.717, 1.165) is 30.1 Å². The van der Waals surface area contributed by atoms with Gasteiger partial charge in [0.25, 0.3) is 10.0 Å². The van der Waals surface area contributed by atoms with Crippen LogP contribution in [0.15, 0.2) is 23.1 Å². The van der Waals surface area contributed by atoms with Crippen molar-refractivity contribution in [3.8, 4) is 0 Å². The monoisotopic (exact) mass is 343 g/mol. The number of rotatable bonds is 3. The first-order valence-electron chi connectivity index (χ1n) is 6.44. The van der Waals surface area contributed by atoms with E-state index in [-0.39, 0.29) is 4.90 Å². The Morgan fingerprint density at radius 3 is 3.00 bits per heavy atom. The molecule has 0 radical (unpaired) electrons. The second-order valence-corrected chi connectivity index (χ2v) is 7.93. The number of fused-ring (bicyclic) bond motifs is 1. The van der Waals surface area contributed by atoms with Crippen molar-refractivity contribution in [1.29, 1.82) is 0 Å². The van der Waals surface area contributed by atoms with Gasteiger partial charge in [0.05, 0.1) is 10.6 Å². The molecule has 0 saturated heterocycles. The molecule has 3 rings (SSSR count). The second-order valence-electron chi connectivity index (χ2n) is 4.78. The molecule has 5 nitrogen and oxygen atoms in total. The maximum Gasteiger partial charge on any atom is 0.263 e. The van der Waals surface area contributed by atoms with Gasteiger partial charge >= 0.3 is 0 Å². The van der Waals surface area contributed by atoms with Gasteiger partial charge in [0, 0.05) is 29.4 Å². The lowest BCUT2D eigenvalue weighted by Crippen LogP contribution is -2.22. The van der Waals surface area contributed by atoms with Crippen molar-refractivity contribution in [2.75, 3.05) is 11.3 Å². The number of nitrogens with zero attached hydrogens (tertiary/aromatic N) is 1. The number of sulfonamides is 1. The Kier molecular flexibility index (Phi) is 3.92. The highest BCUT2D eigenvalue weighted by Crippen LogP contribution is 2.29. The normalized spacial score (nSPS) is 14.8. The first kappa shape index (κ1) is 14.8. The summed E-state index contributed by atoms with van der Waals surface area (Å²) >= 11 is 7.36. The lowest BCUT2D eigenvalue weighted by molar-refractivity contribution is 0.600. The fourth-order valence-electron chi connectivity index (χ4n) is 2.22. The van der Waals surface area contributed by atoms with Crippen molar-refractivity contribution in [3.63, 3.8) is 0 Å². The minimum Gasteiger partial charge on any atom is -0.311 e. The Labute approximate surface area is 132 Å². The average Bonchev–Trinajstić information content (AvgIpc) is 2.82. The summed E-state index contributed by atoms with van der Waals surface area (Å²) in [5.41, 5.74) is 1.51. The minimum atomic E-state index is -3.67. The van der Waals surface area contributed by atoms with E-state index in [1.165, 1.54) is 11.3 Å². The number of benzene rings is 1. The molecule has 0 unspecified atom stereocenters. The van der Waals surface area contributed by atoms with Gasteiger partial charge < -0.3 is 5.32 Å². The molecule has 2 aromatic rings. The zero-order chi connectivity index (χ0) is 15.0. The highest BCUT2D eigenvalue weighted by Gasteiger charge is 2.22. The lowest BCUT2D eigenvalue weighted by atomic mass is 10.2. The number of nitrogens with one attached hydrogen (secondary N) is 2. The third-order valence-corrected chi connectivity index (χ3v) is 6.37. The van der Waals surface area contributed by atoms with E-state index in [9.17, 15) is 8.42 Å². The van der Waals surface area contributed by atoms with E-state index in [4.69, 9.17) is 11.6 Å². The average molecular weight is 344 g/mol. The Bertz CT molecular complexity index is 763. The SMILES string of the molecule is Cc1c(Cl)cccc1S(=O)(=O)Nc1nc2c(s1)CNCC2. The van der Waals surface area contributed by atoms with Crippen LogP contribution in [0, 0.1) is 6.92 Å². The van der Waals surface area contributed by atoms with Crippen molar-refractivity contribution in [3.05, 3.63) is 39.4 Å². The second kappa shape index (κ2) is 5.57. The summed E-state index contributed by atoms with van der Waals surface area (Å²) in [5, 5.41) is 4.08. The van der Waals surface area contributed by atoms with Crippen LogP contribution in [0.2, 0.25) is 5.02 Å². The van der Waals surface area contributed by atoms with Gasteiger partial charge in [0.1, 0.15) is 0 Å². The van der Waals surface area contributed by atoms with Crippen molar-refractivity contribution < 1.29 is 8.42 Å². The standard InChI is InChI=1S/C13H14ClN3O2S2/c1-8-9(14)3-2-4-12(8)21(18,19)17-13-16-10-5-6-15-7-11(10)20-13/h2-4,15H,5-7H2,1H3,(H,16,17). The van der Waals surface area contributed by atoms with Crippen molar-refractivity contribution >= 4 is 38.1 Å². The Morgan fingerprint density at radius 1 is 1.43 bits per heavy atom. The van der Waals surface area contributed by atoms with Crippen molar-refractivity contribution in [2.24, 2.45) is 0 Å². The maximum atomic E-state index is 12.5. The van der Waals surface area contributed by atoms with Gasteiger partial charge in [-0.3, -0.25) is 4.72 Å². The summed E-state index contributed by atoms with van der Waals surface area (Å²) in [7, 11) is -3.67. The Balaban J connectivity index is 1.93. The topological polar surface area (TPSA) is 71.1 Å². The van der Waals surface area contributed by atoms with Gasteiger partial charge in [-0.1, -0.05) is 29.0 Å². The molecule has 1 aromatic carbocycles. The highest BCUT2D eigenvalue weighted by atomic mass is 35.5. The number of thiazole rings is 1. The molecule has 0 aliphatic carbocycles. The zero-order valence-corrected chi connectivity index (χ0v) is 13.7. The third-order valence-electron chi connectivity index (χ3n) is 3.33. The Morgan fingerprint density at radius 2 is 2.24 bits per heavy atom. The van der Waals surface area contributed by atoms with Gasteiger partial charge in [0.2, 0.25) is 0 Å². The molecule has 0 atom stereocenters. The molecule has 1 aromatic heterocycles. The quantitative estimate of drug-likeness (QED) is 0.898. The van der Waals surface area contributed by atoms with Crippen LogP contribution in [0.5, 0.6) is 0 Å². The van der Waals surface area contributed by atoms with E-state index in [2.05, 4.69) is 15.0 Å². The summed E-state index contributed by atoms with van der Waals surface area (Å²) in [5.74, 6) is 0. The molecule has 1 aliphatic rings. The fraction of sp³-hybridized carbons (Fsp3) is 0.308. The Hall–Kier alpha value is -1.15. The van der Waals surface area contributed by atoms with Gasteiger partial charge in [-0.15, -0.1) is 0 Å². The van der Waals surface area contributed by atoms with Crippen molar-refractivity contribution in [2.45, 2.75) is 24.8 Å². The third kappa shape index (κ3) is 2.91. The van der Waals surface area contributed by atoms with Crippen LogP contribution in [-0.4, -0.2) is 19.9 Å². The van der Waals surface area contributed by atoms with E-state index in [1.807, 2.05) is 0 Å². The molecule has 1 aliphatic heterocycles. The van der Waals surface area contributed by atoms with Gasteiger partial charge in [-0.25, -0.2) is 13.4 Å². The lowest BCUT2D eigenvalue weighted by Gasteiger charge is -2.09. The summed E-state index contributed by atoms with van der Waals surface area (Å²) in [6, 6.07) is 4.84. The van der Waals surface area contributed by atoms with E-state index < -0.39 is 10.0 Å². The summed E-state index contributed by atoms with van der Waals surface area (Å²) < 4.78 is 27.5. The fourth-order valence-corrected chi connectivity index (χ4v) is 4.93. The smallest absolute Gasteiger partial charge is 0.263 e. The minimum absolute atomic E-state index is 0.182. The molecule has 0 spiro atoms. The molecule has 0 saturated carbocycles. The molecule has 21 heavy (non-hydrogen) atoms. The van der Waals surface area contributed by atoms with Crippen LogP contribution in [0.3, 0.4) is 0 Å². The van der Waals surface area contributed by atoms with Crippen LogP contribution in [0.1, 0.15) is 16.1 Å².